The number of methoxy groups -OCH3 is 1. The molecule has 0 bridgehead atoms. The molecule has 1 fully saturated rings. The Kier molecular flexibility index (Phi) is 6.09. The Morgan fingerprint density at radius 1 is 1.33 bits per heavy atom. The van der Waals surface area contributed by atoms with Crippen molar-refractivity contribution in [1.29, 1.82) is 0 Å². The van der Waals surface area contributed by atoms with Crippen LogP contribution in [0, 0.1) is 11.8 Å². The maximum Gasteiger partial charge on any atom is 0.309 e. The number of rotatable bonds is 6. The lowest BCUT2D eigenvalue weighted by Gasteiger charge is -2.29. The molecule has 0 aliphatic heterocycles. The van der Waals surface area contributed by atoms with E-state index in [0.717, 1.165) is 25.7 Å². The predicted molar refractivity (Wildman–Crippen MR) is 71.2 cm³/mol. The van der Waals surface area contributed by atoms with E-state index in [1.807, 2.05) is 13.8 Å². The quantitative estimate of drug-likeness (QED) is 0.740. The lowest BCUT2D eigenvalue weighted by molar-refractivity contribution is -0.153. The zero-order chi connectivity index (χ0) is 13.6. The summed E-state index contributed by atoms with van der Waals surface area (Å²) in [5.41, 5.74) is 5.49. The van der Waals surface area contributed by atoms with Crippen LogP contribution in [-0.4, -0.2) is 31.8 Å². The zero-order valence-corrected chi connectivity index (χ0v) is 11.9. The van der Waals surface area contributed by atoms with E-state index in [9.17, 15) is 4.79 Å². The Labute approximate surface area is 110 Å². The van der Waals surface area contributed by atoms with Crippen LogP contribution < -0.4 is 5.73 Å². The summed E-state index contributed by atoms with van der Waals surface area (Å²) >= 11 is 0. The monoisotopic (exact) mass is 257 g/mol. The predicted octanol–water partition coefficient (Wildman–Crippen LogP) is 2.11. The van der Waals surface area contributed by atoms with Gasteiger partial charge in [0.1, 0.15) is 0 Å². The highest BCUT2D eigenvalue weighted by Gasteiger charge is 2.31. The number of carbonyl (C=O) groups is 1. The minimum Gasteiger partial charge on any atom is -0.465 e. The molecule has 18 heavy (non-hydrogen) atoms. The Bertz CT molecular complexity index is 266. The van der Waals surface area contributed by atoms with Gasteiger partial charge in [0, 0.05) is 13.5 Å². The van der Waals surface area contributed by atoms with Gasteiger partial charge >= 0.3 is 5.97 Å². The highest BCUT2D eigenvalue weighted by atomic mass is 16.5. The molecule has 0 spiro atoms. The fourth-order valence-electron chi connectivity index (χ4n) is 2.41. The van der Waals surface area contributed by atoms with Gasteiger partial charge in [-0.05, 0) is 39.2 Å². The Hall–Kier alpha value is -0.610. The van der Waals surface area contributed by atoms with Gasteiger partial charge in [0.2, 0.25) is 0 Å². The summed E-state index contributed by atoms with van der Waals surface area (Å²) in [6.45, 7) is 4.99. The summed E-state index contributed by atoms with van der Waals surface area (Å²) in [5, 5.41) is 0. The van der Waals surface area contributed by atoms with Gasteiger partial charge in [0.05, 0.1) is 18.1 Å². The lowest BCUT2D eigenvalue weighted by atomic mass is 9.79. The number of nitrogens with two attached hydrogens (primary N) is 1. The van der Waals surface area contributed by atoms with Crippen LogP contribution in [0.3, 0.4) is 0 Å². The second-order valence-electron chi connectivity index (χ2n) is 5.77. The first-order chi connectivity index (χ1) is 8.50. The fraction of sp³-hybridized carbons (Fsp3) is 0.929. The van der Waals surface area contributed by atoms with E-state index in [1.165, 1.54) is 6.42 Å². The standard InChI is InChI=1S/C14H27NO3/c1-14(2,17-3)8-9-18-13(16)12-7-5-4-6-11(12)10-15/h11-12H,4-10,15H2,1-3H3. The van der Waals surface area contributed by atoms with Crippen LogP contribution in [0.4, 0.5) is 0 Å². The van der Waals surface area contributed by atoms with Crippen LogP contribution in [0.25, 0.3) is 0 Å². The number of hydrogen-bond acceptors (Lipinski definition) is 4. The van der Waals surface area contributed by atoms with E-state index in [2.05, 4.69) is 0 Å². The maximum atomic E-state index is 12.0. The molecule has 4 nitrogen and oxygen atoms in total. The normalized spacial score (nSPS) is 24.9. The average Bonchev–Trinajstić information content (AvgIpc) is 2.38. The van der Waals surface area contributed by atoms with Gasteiger partial charge < -0.3 is 15.2 Å². The summed E-state index contributed by atoms with van der Waals surface area (Å²) in [4.78, 5) is 12.0. The van der Waals surface area contributed by atoms with Crippen LogP contribution in [0.2, 0.25) is 0 Å². The average molecular weight is 257 g/mol. The molecule has 2 atom stereocenters. The van der Waals surface area contributed by atoms with Gasteiger partial charge in [0.25, 0.3) is 0 Å². The van der Waals surface area contributed by atoms with Crippen LogP contribution in [-0.2, 0) is 14.3 Å². The molecule has 4 heteroatoms. The third kappa shape index (κ3) is 4.58. The summed E-state index contributed by atoms with van der Waals surface area (Å²) in [7, 11) is 1.67. The topological polar surface area (TPSA) is 61.5 Å². The molecule has 2 N–H and O–H groups in total. The molecule has 0 heterocycles. The molecular formula is C14H27NO3. The molecule has 106 valence electrons. The lowest BCUT2D eigenvalue weighted by Crippen LogP contribution is -2.34. The number of esters is 1. The second-order valence-corrected chi connectivity index (χ2v) is 5.77. The minimum atomic E-state index is -0.236. The molecule has 0 aromatic rings. The maximum absolute atomic E-state index is 12.0. The third-order valence-corrected chi connectivity index (χ3v) is 4.02. The third-order valence-electron chi connectivity index (χ3n) is 4.02. The zero-order valence-electron chi connectivity index (χ0n) is 11.9. The molecule has 0 radical (unpaired) electrons. The largest absolute Gasteiger partial charge is 0.465 e. The van der Waals surface area contributed by atoms with Crippen molar-refractivity contribution in [2.24, 2.45) is 17.6 Å². The van der Waals surface area contributed by atoms with E-state index >= 15 is 0 Å². The number of carbonyl (C=O) groups excluding carboxylic acids is 1. The molecule has 1 aliphatic carbocycles. The van der Waals surface area contributed by atoms with Crippen molar-refractivity contribution in [1.82, 2.24) is 0 Å². The van der Waals surface area contributed by atoms with E-state index < -0.39 is 0 Å². The van der Waals surface area contributed by atoms with Gasteiger partial charge in [-0.3, -0.25) is 4.79 Å². The summed E-state index contributed by atoms with van der Waals surface area (Å²) in [6, 6.07) is 0. The van der Waals surface area contributed by atoms with E-state index in [1.54, 1.807) is 7.11 Å². The molecule has 0 saturated heterocycles. The molecule has 0 aromatic carbocycles. The minimum absolute atomic E-state index is 0.00871. The molecule has 0 aromatic heterocycles. The van der Waals surface area contributed by atoms with E-state index in [0.29, 0.717) is 19.1 Å². The second kappa shape index (κ2) is 7.10. The van der Waals surface area contributed by atoms with Gasteiger partial charge in [-0.25, -0.2) is 0 Å². The molecule has 1 aliphatic rings. The highest BCUT2D eigenvalue weighted by molar-refractivity contribution is 5.72. The van der Waals surface area contributed by atoms with E-state index in [4.69, 9.17) is 15.2 Å². The van der Waals surface area contributed by atoms with Gasteiger partial charge in [0.15, 0.2) is 0 Å². The van der Waals surface area contributed by atoms with Crippen molar-refractivity contribution >= 4 is 5.97 Å². The summed E-state index contributed by atoms with van der Waals surface area (Å²) < 4.78 is 10.7. The van der Waals surface area contributed by atoms with Crippen molar-refractivity contribution in [2.45, 2.75) is 51.6 Å². The molecule has 1 saturated carbocycles. The SMILES string of the molecule is COC(C)(C)CCOC(=O)C1CCCCC1CN. The van der Waals surface area contributed by atoms with Crippen LogP contribution in [0.15, 0.2) is 0 Å². The van der Waals surface area contributed by atoms with Crippen LogP contribution in [0.5, 0.6) is 0 Å². The van der Waals surface area contributed by atoms with Gasteiger partial charge in [-0.1, -0.05) is 12.8 Å². The molecule has 0 amide bonds. The number of hydrogen-bond donors (Lipinski definition) is 1. The first-order valence-electron chi connectivity index (χ1n) is 6.92. The first-order valence-corrected chi connectivity index (χ1v) is 6.92. The van der Waals surface area contributed by atoms with Crippen molar-refractivity contribution in [3.8, 4) is 0 Å². The Morgan fingerprint density at radius 2 is 2.00 bits per heavy atom. The van der Waals surface area contributed by atoms with Crippen molar-refractivity contribution < 1.29 is 14.3 Å². The first kappa shape index (κ1) is 15.4. The summed E-state index contributed by atoms with van der Waals surface area (Å²) in [5.74, 6) is 0.244. The van der Waals surface area contributed by atoms with Crippen molar-refractivity contribution in [3.05, 3.63) is 0 Å². The molecular weight excluding hydrogens is 230 g/mol. The fourth-order valence-corrected chi connectivity index (χ4v) is 2.41. The molecule has 1 rings (SSSR count). The Morgan fingerprint density at radius 3 is 2.61 bits per heavy atom. The smallest absolute Gasteiger partial charge is 0.309 e. The van der Waals surface area contributed by atoms with Crippen LogP contribution >= 0.6 is 0 Å². The highest BCUT2D eigenvalue weighted by Crippen LogP contribution is 2.30. The van der Waals surface area contributed by atoms with Gasteiger partial charge in [-0.15, -0.1) is 0 Å². The van der Waals surface area contributed by atoms with Crippen LogP contribution in [0.1, 0.15) is 46.0 Å². The Balaban J connectivity index is 2.35. The van der Waals surface area contributed by atoms with E-state index in [-0.39, 0.29) is 17.5 Å². The number of ether oxygens (including phenoxy) is 2. The van der Waals surface area contributed by atoms with Crippen molar-refractivity contribution in [3.63, 3.8) is 0 Å². The molecule has 2 unspecified atom stereocenters. The summed E-state index contributed by atoms with van der Waals surface area (Å²) in [6.07, 6.45) is 4.99. The van der Waals surface area contributed by atoms with Crippen molar-refractivity contribution in [2.75, 3.05) is 20.3 Å². The van der Waals surface area contributed by atoms with Gasteiger partial charge in [-0.2, -0.15) is 0 Å².